The van der Waals surface area contributed by atoms with Crippen LogP contribution >= 0.6 is 0 Å². The maximum absolute atomic E-state index is 9.91. The molecule has 2 heteroatoms. The first-order chi connectivity index (χ1) is 6.27. The zero-order chi connectivity index (χ0) is 9.68. The van der Waals surface area contributed by atoms with Gasteiger partial charge in [0.05, 0.1) is 6.10 Å². The monoisotopic (exact) mass is 186 g/mol. The second-order valence-electron chi connectivity index (χ2n) is 4.11. The fraction of sp³-hybridized carbons (Fsp3) is 1.00. The van der Waals surface area contributed by atoms with Crippen LogP contribution in [0.5, 0.6) is 0 Å². The van der Waals surface area contributed by atoms with Gasteiger partial charge in [0.1, 0.15) is 0 Å². The molecule has 1 heterocycles. The Bertz CT molecular complexity index is 126. The molecule has 1 saturated heterocycles. The van der Waals surface area contributed by atoms with Crippen molar-refractivity contribution in [2.24, 2.45) is 11.8 Å². The van der Waals surface area contributed by atoms with E-state index in [1.807, 2.05) is 0 Å². The molecule has 13 heavy (non-hydrogen) atoms. The fourth-order valence-electron chi connectivity index (χ4n) is 2.14. The molecule has 78 valence electrons. The highest BCUT2D eigenvalue weighted by atomic mass is 16.5. The molecular formula is C11H22O2. The molecule has 1 N–H and O–H groups in total. The van der Waals surface area contributed by atoms with Crippen LogP contribution in [0.15, 0.2) is 0 Å². The number of hydrogen-bond donors (Lipinski definition) is 1. The molecule has 0 aliphatic carbocycles. The fourth-order valence-corrected chi connectivity index (χ4v) is 2.14. The largest absolute Gasteiger partial charge is 0.393 e. The van der Waals surface area contributed by atoms with Gasteiger partial charge in [-0.15, -0.1) is 0 Å². The number of aliphatic hydroxyl groups excluding tert-OH is 1. The van der Waals surface area contributed by atoms with Gasteiger partial charge in [0.15, 0.2) is 0 Å². The van der Waals surface area contributed by atoms with E-state index in [9.17, 15) is 5.11 Å². The van der Waals surface area contributed by atoms with E-state index in [-0.39, 0.29) is 6.10 Å². The van der Waals surface area contributed by atoms with E-state index in [4.69, 9.17) is 4.74 Å². The third-order valence-corrected chi connectivity index (χ3v) is 3.19. The van der Waals surface area contributed by atoms with Crippen LogP contribution in [0.2, 0.25) is 0 Å². The molecule has 0 aromatic carbocycles. The van der Waals surface area contributed by atoms with Crippen molar-refractivity contribution in [1.82, 2.24) is 0 Å². The quantitative estimate of drug-likeness (QED) is 0.713. The smallest absolute Gasteiger partial charge is 0.0571 e. The maximum Gasteiger partial charge on any atom is 0.0571 e. The van der Waals surface area contributed by atoms with Crippen molar-refractivity contribution in [2.75, 3.05) is 13.2 Å². The van der Waals surface area contributed by atoms with E-state index < -0.39 is 0 Å². The Morgan fingerprint density at radius 1 is 1.38 bits per heavy atom. The molecule has 1 fully saturated rings. The van der Waals surface area contributed by atoms with Gasteiger partial charge in [-0.05, 0) is 24.7 Å². The van der Waals surface area contributed by atoms with E-state index >= 15 is 0 Å². The van der Waals surface area contributed by atoms with E-state index in [1.165, 1.54) is 0 Å². The second kappa shape index (κ2) is 5.61. The predicted octanol–water partition coefficient (Wildman–Crippen LogP) is 2.21. The van der Waals surface area contributed by atoms with Crippen LogP contribution in [0.4, 0.5) is 0 Å². The molecule has 0 spiro atoms. The predicted molar refractivity (Wildman–Crippen MR) is 53.6 cm³/mol. The van der Waals surface area contributed by atoms with Crippen molar-refractivity contribution in [2.45, 2.75) is 45.6 Å². The first-order valence-corrected chi connectivity index (χ1v) is 5.53. The van der Waals surface area contributed by atoms with Crippen LogP contribution in [0.3, 0.4) is 0 Å². The SMILES string of the molecule is CCC(CC)C(O)CC1CCOC1. The summed E-state index contributed by atoms with van der Waals surface area (Å²) in [4.78, 5) is 0. The van der Waals surface area contributed by atoms with E-state index in [1.54, 1.807) is 0 Å². The molecule has 0 aromatic rings. The van der Waals surface area contributed by atoms with Gasteiger partial charge in [0.25, 0.3) is 0 Å². The Kier molecular flexibility index (Phi) is 4.74. The minimum Gasteiger partial charge on any atom is -0.393 e. The molecule has 2 atom stereocenters. The summed E-state index contributed by atoms with van der Waals surface area (Å²) in [6, 6.07) is 0. The lowest BCUT2D eigenvalue weighted by Crippen LogP contribution is -2.22. The highest BCUT2D eigenvalue weighted by Crippen LogP contribution is 2.24. The van der Waals surface area contributed by atoms with Crippen molar-refractivity contribution in [3.8, 4) is 0 Å². The van der Waals surface area contributed by atoms with Gasteiger partial charge in [-0.25, -0.2) is 0 Å². The van der Waals surface area contributed by atoms with Crippen LogP contribution in [0, 0.1) is 11.8 Å². The van der Waals surface area contributed by atoms with Crippen molar-refractivity contribution in [3.05, 3.63) is 0 Å². The van der Waals surface area contributed by atoms with Gasteiger partial charge in [-0.3, -0.25) is 0 Å². The molecule has 1 aliphatic rings. The Morgan fingerprint density at radius 3 is 2.54 bits per heavy atom. The standard InChI is InChI=1S/C11H22O2/c1-3-10(4-2)11(12)7-9-5-6-13-8-9/h9-12H,3-8H2,1-2H3. The van der Waals surface area contributed by atoms with Gasteiger partial charge in [-0.1, -0.05) is 26.7 Å². The van der Waals surface area contributed by atoms with E-state index in [0.29, 0.717) is 11.8 Å². The summed E-state index contributed by atoms with van der Waals surface area (Å²) >= 11 is 0. The molecule has 1 aliphatic heterocycles. The summed E-state index contributed by atoms with van der Waals surface area (Å²) in [5, 5.41) is 9.91. The van der Waals surface area contributed by atoms with Gasteiger partial charge < -0.3 is 9.84 Å². The van der Waals surface area contributed by atoms with Crippen molar-refractivity contribution >= 4 is 0 Å². The van der Waals surface area contributed by atoms with Gasteiger partial charge >= 0.3 is 0 Å². The Labute approximate surface area is 81.3 Å². The molecule has 0 aromatic heterocycles. The zero-order valence-electron chi connectivity index (χ0n) is 8.83. The molecule has 2 unspecified atom stereocenters. The van der Waals surface area contributed by atoms with Crippen molar-refractivity contribution in [3.63, 3.8) is 0 Å². The van der Waals surface area contributed by atoms with Crippen molar-refractivity contribution < 1.29 is 9.84 Å². The third-order valence-electron chi connectivity index (χ3n) is 3.19. The summed E-state index contributed by atoms with van der Waals surface area (Å²) in [5.41, 5.74) is 0. The van der Waals surface area contributed by atoms with Crippen LogP contribution < -0.4 is 0 Å². The van der Waals surface area contributed by atoms with Crippen LogP contribution in [0.1, 0.15) is 39.5 Å². The summed E-state index contributed by atoms with van der Waals surface area (Å²) in [6.45, 7) is 6.06. The molecular weight excluding hydrogens is 164 g/mol. The van der Waals surface area contributed by atoms with Crippen LogP contribution in [-0.4, -0.2) is 24.4 Å². The van der Waals surface area contributed by atoms with Gasteiger partial charge in [0, 0.05) is 13.2 Å². The second-order valence-corrected chi connectivity index (χ2v) is 4.11. The minimum absolute atomic E-state index is 0.110. The van der Waals surface area contributed by atoms with Crippen molar-refractivity contribution in [1.29, 1.82) is 0 Å². The molecule has 1 rings (SSSR count). The first-order valence-electron chi connectivity index (χ1n) is 5.53. The van der Waals surface area contributed by atoms with E-state index in [0.717, 1.165) is 38.9 Å². The minimum atomic E-state index is -0.110. The van der Waals surface area contributed by atoms with Gasteiger partial charge in [-0.2, -0.15) is 0 Å². The van der Waals surface area contributed by atoms with Crippen LogP contribution in [0.25, 0.3) is 0 Å². The summed E-state index contributed by atoms with van der Waals surface area (Å²) < 4.78 is 5.29. The number of aliphatic hydroxyl groups is 1. The Balaban J connectivity index is 2.25. The lowest BCUT2D eigenvalue weighted by Gasteiger charge is -2.22. The average Bonchev–Trinajstić information content (AvgIpc) is 2.59. The normalized spacial score (nSPS) is 25.4. The number of rotatable bonds is 5. The number of ether oxygens (including phenoxy) is 1. The third kappa shape index (κ3) is 3.28. The summed E-state index contributed by atoms with van der Waals surface area (Å²) in [6.07, 6.45) is 4.14. The molecule has 2 nitrogen and oxygen atoms in total. The lowest BCUT2D eigenvalue weighted by molar-refractivity contribution is 0.0732. The molecule has 0 radical (unpaired) electrons. The Hall–Kier alpha value is -0.0800. The average molecular weight is 186 g/mol. The van der Waals surface area contributed by atoms with Gasteiger partial charge in [0.2, 0.25) is 0 Å². The van der Waals surface area contributed by atoms with Crippen LogP contribution in [-0.2, 0) is 4.74 Å². The highest BCUT2D eigenvalue weighted by molar-refractivity contribution is 4.73. The number of hydrogen-bond acceptors (Lipinski definition) is 2. The summed E-state index contributed by atoms with van der Waals surface area (Å²) in [7, 11) is 0. The summed E-state index contributed by atoms with van der Waals surface area (Å²) in [5.74, 6) is 1.09. The highest BCUT2D eigenvalue weighted by Gasteiger charge is 2.23. The van der Waals surface area contributed by atoms with E-state index in [2.05, 4.69) is 13.8 Å². The zero-order valence-corrected chi connectivity index (χ0v) is 8.83. The molecule has 0 bridgehead atoms. The Morgan fingerprint density at radius 2 is 2.08 bits per heavy atom. The lowest BCUT2D eigenvalue weighted by atomic mass is 9.89. The topological polar surface area (TPSA) is 29.5 Å². The first kappa shape index (κ1) is 11.0. The molecule has 0 saturated carbocycles. The molecule has 0 amide bonds. The maximum atomic E-state index is 9.91.